The molecule has 2 aliphatic rings. The molecule has 0 saturated heterocycles. The van der Waals surface area contributed by atoms with Crippen LogP contribution in [0.4, 0.5) is 4.39 Å². The average Bonchev–Trinajstić information content (AvgIpc) is 3.07. The predicted octanol–water partition coefficient (Wildman–Crippen LogP) is 5.11. The van der Waals surface area contributed by atoms with Crippen molar-refractivity contribution in [2.45, 2.75) is 50.8 Å². The van der Waals surface area contributed by atoms with E-state index in [2.05, 4.69) is 32.8 Å². The molecule has 7 heteroatoms. The summed E-state index contributed by atoms with van der Waals surface area (Å²) in [6, 6.07) is 12.3. The number of benzene rings is 2. The van der Waals surface area contributed by atoms with Gasteiger partial charge in [0.2, 0.25) is 0 Å². The van der Waals surface area contributed by atoms with Crippen molar-refractivity contribution < 1.29 is 9.13 Å². The van der Waals surface area contributed by atoms with Crippen molar-refractivity contribution in [2.75, 3.05) is 7.05 Å². The minimum absolute atomic E-state index is 0.149. The highest BCUT2D eigenvalue weighted by atomic mass is 35.5. The first kappa shape index (κ1) is 19.5. The normalized spacial score (nSPS) is 21.6. The quantitative estimate of drug-likeness (QED) is 0.583. The van der Waals surface area contributed by atoms with Crippen LogP contribution in [0, 0.1) is 5.82 Å². The van der Waals surface area contributed by atoms with E-state index in [1.165, 1.54) is 17.7 Å². The lowest BCUT2D eigenvalue weighted by atomic mass is 9.86. The molecule has 30 heavy (non-hydrogen) atoms. The lowest BCUT2D eigenvalue weighted by Gasteiger charge is -2.29. The molecule has 1 aliphatic heterocycles. The summed E-state index contributed by atoms with van der Waals surface area (Å²) in [6.07, 6.45) is 4.01. The summed E-state index contributed by atoms with van der Waals surface area (Å²) in [7, 11) is 2.09. The van der Waals surface area contributed by atoms with Gasteiger partial charge < -0.3 is 4.74 Å². The molecule has 0 amide bonds. The lowest BCUT2D eigenvalue weighted by Crippen LogP contribution is -2.25. The predicted molar refractivity (Wildman–Crippen MR) is 114 cm³/mol. The van der Waals surface area contributed by atoms with Crippen molar-refractivity contribution in [3.8, 4) is 11.4 Å². The van der Waals surface area contributed by atoms with E-state index in [0.717, 1.165) is 66.9 Å². The Morgan fingerprint density at radius 3 is 2.53 bits per heavy atom. The van der Waals surface area contributed by atoms with E-state index < -0.39 is 0 Å². The molecular formula is C23H24ClFN4O. The zero-order valence-electron chi connectivity index (χ0n) is 16.9. The third-order valence-corrected chi connectivity index (χ3v) is 6.28. The van der Waals surface area contributed by atoms with Crippen LogP contribution >= 0.6 is 11.6 Å². The molecule has 1 fully saturated rings. The summed E-state index contributed by atoms with van der Waals surface area (Å²) in [5.74, 6) is 2.82. The molecule has 0 unspecified atom stereocenters. The van der Waals surface area contributed by atoms with Gasteiger partial charge in [0.25, 0.3) is 0 Å². The molecular weight excluding hydrogens is 403 g/mol. The van der Waals surface area contributed by atoms with E-state index in [9.17, 15) is 4.39 Å². The number of nitrogens with zero attached hydrogens (tertiary/aromatic N) is 4. The smallest absolute Gasteiger partial charge is 0.151 e. The van der Waals surface area contributed by atoms with Crippen LogP contribution < -0.4 is 4.74 Å². The Labute approximate surface area is 180 Å². The van der Waals surface area contributed by atoms with Crippen molar-refractivity contribution in [1.29, 1.82) is 0 Å². The minimum atomic E-state index is -0.245. The maximum atomic E-state index is 13.1. The molecule has 1 saturated carbocycles. The second kappa shape index (κ2) is 8.00. The topological polar surface area (TPSA) is 43.2 Å². The fourth-order valence-corrected chi connectivity index (χ4v) is 4.79. The van der Waals surface area contributed by atoms with Gasteiger partial charge in [-0.2, -0.15) is 0 Å². The van der Waals surface area contributed by atoms with Gasteiger partial charge in [0, 0.05) is 17.5 Å². The first-order chi connectivity index (χ1) is 14.6. The molecule has 156 valence electrons. The third kappa shape index (κ3) is 3.82. The number of hydrogen-bond acceptors (Lipinski definition) is 4. The summed E-state index contributed by atoms with van der Waals surface area (Å²) >= 11 is 6.26. The maximum Gasteiger partial charge on any atom is 0.151 e. The molecule has 3 aromatic rings. The Bertz CT molecular complexity index is 1040. The molecule has 1 aromatic heterocycles. The molecule has 0 N–H and O–H groups in total. The third-order valence-electron chi connectivity index (χ3n) is 6.04. The van der Waals surface area contributed by atoms with Crippen molar-refractivity contribution in [3.05, 3.63) is 70.5 Å². The number of hydrogen-bond donors (Lipinski definition) is 0. The highest BCUT2D eigenvalue weighted by Gasteiger charge is 2.30. The largest absolute Gasteiger partial charge is 0.490 e. The molecule has 0 spiro atoms. The summed E-state index contributed by atoms with van der Waals surface area (Å²) in [4.78, 5) is 2.24. The van der Waals surface area contributed by atoms with Crippen molar-refractivity contribution >= 4 is 11.6 Å². The fraction of sp³-hybridized carbons (Fsp3) is 0.391. The van der Waals surface area contributed by atoms with E-state index >= 15 is 0 Å². The molecule has 0 radical (unpaired) electrons. The van der Waals surface area contributed by atoms with Gasteiger partial charge in [-0.3, -0.25) is 9.47 Å². The van der Waals surface area contributed by atoms with Crippen LogP contribution in [-0.2, 0) is 13.1 Å². The molecule has 5 nitrogen and oxygen atoms in total. The SMILES string of the molecule is CN1Cc2cc(Cl)ccc2-n2c(nnc2[C@H]2CC[C@@H](Oc3ccc(F)cc3)CC2)C1. The van der Waals surface area contributed by atoms with Gasteiger partial charge in [0.1, 0.15) is 17.4 Å². The van der Waals surface area contributed by atoms with Crippen molar-refractivity contribution in [2.24, 2.45) is 0 Å². The minimum Gasteiger partial charge on any atom is -0.490 e. The van der Waals surface area contributed by atoms with Gasteiger partial charge in [0.05, 0.1) is 18.3 Å². The highest BCUT2D eigenvalue weighted by molar-refractivity contribution is 6.30. The van der Waals surface area contributed by atoms with Gasteiger partial charge in [-0.1, -0.05) is 11.6 Å². The summed E-state index contributed by atoms with van der Waals surface area (Å²) in [5, 5.41) is 9.89. The summed E-state index contributed by atoms with van der Waals surface area (Å²) in [6.45, 7) is 1.58. The second-order valence-corrected chi connectivity index (χ2v) is 8.74. The Hall–Kier alpha value is -2.44. The number of halogens is 2. The molecule has 0 bridgehead atoms. The highest BCUT2D eigenvalue weighted by Crippen LogP contribution is 2.37. The van der Waals surface area contributed by atoms with Crippen LogP contribution in [0.2, 0.25) is 5.02 Å². The summed E-state index contributed by atoms with van der Waals surface area (Å²) < 4.78 is 21.4. The lowest BCUT2D eigenvalue weighted by molar-refractivity contribution is 0.144. The first-order valence-electron chi connectivity index (χ1n) is 10.4. The monoisotopic (exact) mass is 426 g/mol. The van der Waals surface area contributed by atoms with Crippen molar-refractivity contribution in [1.82, 2.24) is 19.7 Å². The van der Waals surface area contributed by atoms with Crippen LogP contribution in [0.5, 0.6) is 5.75 Å². The van der Waals surface area contributed by atoms with Gasteiger partial charge >= 0.3 is 0 Å². The Morgan fingerprint density at radius 2 is 1.77 bits per heavy atom. The standard InChI is InChI=1S/C23H24ClFN4O/c1-28-13-16-12-17(24)4-11-21(16)29-22(14-28)26-27-23(29)15-2-7-19(8-3-15)30-20-9-5-18(25)6-10-20/h4-6,9-12,15,19H,2-3,7-8,13-14H2,1H3/t15-,19+. The van der Waals surface area contributed by atoms with Crippen LogP contribution in [0.15, 0.2) is 42.5 Å². The van der Waals surface area contributed by atoms with E-state index in [-0.39, 0.29) is 11.9 Å². The first-order valence-corrected chi connectivity index (χ1v) is 10.8. The molecule has 0 atom stereocenters. The Morgan fingerprint density at radius 1 is 1.00 bits per heavy atom. The Balaban J connectivity index is 1.36. The molecule has 2 aromatic carbocycles. The summed E-state index contributed by atoms with van der Waals surface area (Å²) in [5.41, 5.74) is 2.32. The van der Waals surface area contributed by atoms with Crippen molar-refractivity contribution in [3.63, 3.8) is 0 Å². The zero-order chi connectivity index (χ0) is 20.7. The van der Waals surface area contributed by atoms with Crippen LogP contribution in [0.1, 0.15) is 48.8 Å². The molecule has 1 aliphatic carbocycles. The van der Waals surface area contributed by atoms with E-state index in [0.29, 0.717) is 5.92 Å². The number of ether oxygens (including phenoxy) is 1. The van der Waals surface area contributed by atoms with E-state index in [1.54, 1.807) is 12.1 Å². The number of fused-ring (bicyclic) bond motifs is 3. The van der Waals surface area contributed by atoms with Gasteiger partial charge in [-0.05, 0) is 80.8 Å². The fourth-order valence-electron chi connectivity index (χ4n) is 4.59. The maximum absolute atomic E-state index is 13.1. The van der Waals surface area contributed by atoms with Crippen LogP contribution in [0.25, 0.3) is 5.69 Å². The van der Waals surface area contributed by atoms with Crippen LogP contribution in [-0.4, -0.2) is 32.8 Å². The number of rotatable bonds is 3. The van der Waals surface area contributed by atoms with Gasteiger partial charge in [-0.15, -0.1) is 10.2 Å². The van der Waals surface area contributed by atoms with E-state index in [1.807, 2.05) is 12.1 Å². The van der Waals surface area contributed by atoms with Gasteiger partial charge in [-0.25, -0.2) is 4.39 Å². The van der Waals surface area contributed by atoms with E-state index in [4.69, 9.17) is 16.3 Å². The Kier molecular flexibility index (Phi) is 5.21. The number of aromatic nitrogens is 3. The van der Waals surface area contributed by atoms with Gasteiger partial charge in [0.15, 0.2) is 5.82 Å². The molecule has 5 rings (SSSR count). The molecule has 2 heterocycles. The average molecular weight is 427 g/mol. The zero-order valence-corrected chi connectivity index (χ0v) is 17.6. The second-order valence-electron chi connectivity index (χ2n) is 8.30. The van der Waals surface area contributed by atoms with Crippen LogP contribution in [0.3, 0.4) is 0 Å².